The van der Waals surface area contributed by atoms with Crippen molar-refractivity contribution in [1.82, 2.24) is 14.0 Å². The van der Waals surface area contributed by atoms with Gasteiger partial charge in [0.2, 0.25) is 0 Å². The van der Waals surface area contributed by atoms with Crippen LogP contribution in [0, 0.1) is 0 Å². The number of para-hydroxylation sites is 2. The average molecular weight is 387 g/mol. The zero-order valence-electron chi connectivity index (χ0n) is 16.4. The summed E-state index contributed by atoms with van der Waals surface area (Å²) in [6.07, 6.45) is 8.71. The number of nitrogens with zero attached hydrogens (tertiary/aromatic N) is 3. The fourth-order valence-electron chi connectivity index (χ4n) is 4.38. The highest BCUT2D eigenvalue weighted by Gasteiger charge is 2.22. The number of fused-ring (bicyclic) bond motifs is 1. The molecule has 148 valence electrons. The summed E-state index contributed by atoms with van der Waals surface area (Å²) in [5.41, 5.74) is 3.21. The Morgan fingerprint density at radius 3 is 2.52 bits per heavy atom. The van der Waals surface area contributed by atoms with Gasteiger partial charge in [0.05, 0.1) is 12.0 Å². The third kappa shape index (κ3) is 3.54. The van der Waals surface area contributed by atoms with Gasteiger partial charge in [0, 0.05) is 43.5 Å². The standard InChI is InChI=1S/C24H25N3O2/c28-24-26(20-6-2-1-3-7-20)16-17-27(24)21-11-14-25(15-12-21)13-10-19-18-29-23-9-5-4-8-22(19)23/h1-9,16-18,21H,10-15H2. The van der Waals surface area contributed by atoms with E-state index >= 15 is 0 Å². The van der Waals surface area contributed by atoms with Crippen LogP contribution in [0.2, 0.25) is 0 Å². The van der Waals surface area contributed by atoms with Crippen molar-refractivity contribution >= 4 is 11.0 Å². The third-order valence-electron chi connectivity index (χ3n) is 6.05. The Morgan fingerprint density at radius 1 is 0.931 bits per heavy atom. The fourth-order valence-corrected chi connectivity index (χ4v) is 4.38. The molecule has 1 saturated heterocycles. The highest BCUT2D eigenvalue weighted by Crippen LogP contribution is 2.24. The molecule has 0 spiro atoms. The fraction of sp³-hybridized carbons (Fsp3) is 0.292. The van der Waals surface area contributed by atoms with Crippen LogP contribution in [-0.4, -0.2) is 33.7 Å². The van der Waals surface area contributed by atoms with E-state index in [0.717, 1.165) is 50.2 Å². The highest BCUT2D eigenvalue weighted by molar-refractivity contribution is 5.80. The SMILES string of the molecule is O=c1n(-c2ccccc2)ccn1C1CCN(CCc2coc3ccccc23)CC1. The van der Waals surface area contributed by atoms with E-state index in [9.17, 15) is 4.79 Å². The van der Waals surface area contributed by atoms with Gasteiger partial charge in [0.25, 0.3) is 0 Å². The molecule has 1 aliphatic rings. The smallest absolute Gasteiger partial charge is 0.332 e. The molecule has 0 N–H and O–H groups in total. The van der Waals surface area contributed by atoms with Crippen molar-refractivity contribution in [1.29, 1.82) is 0 Å². The number of imidazole rings is 1. The first-order valence-electron chi connectivity index (χ1n) is 10.3. The Hall–Kier alpha value is -3.05. The van der Waals surface area contributed by atoms with E-state index in [2.05, 4.69) is 17.0 Å². The maximum atomic E-state index is 12.9. The van der Waals surface area contributed by atoms with Gasteiger partial charge in [-0.1, -0.05) is 36.4 Å². The summed E-state index contributed by atoms with van der Waals surface area (Å²) in [6.45, 7) is 3.06. The average Bonchev–Trinajstić information content (AvgIpc) is 3.37. The van der Waals surface area contributed by atoms with Crippen LogP contribution in [0.3, 0.4) is 0 Å². The first-order valence-corrected chi connectivity index (χ1v) is 10.3. The van der Waals surface area contributed by atoms with Crippen LogP contribution in [0.25, 0.3) is 16.7 Å². The first-order chi connectivity index (χ1) is 14.3. The van der Waals surface area contributed by atoms with Gasteiger partial charge in [-0.05, 0) is 43.0 Å². The van der Waals surface area contributed by atoms with Crippen LogP contribution in [0.1, 0.15) is 24.4 Å². The molecule has 1 fully saturated rings. The maximum absolute atomic E-state index is 12.9. The van der Waals surface area contributed by atoms with Crippen molar-refractivity contribution < 1.29 is 4.42 Å². The molecule has 0 saturated carbocycles. The van der Waals surface area contributed by atoms with E-state index in [-0.39, 0.29) is 11.7 Å². The molecule has 3 heterocycles. The van der Waals surface area contributed by atoms with E-state index in [1.54, 1.807) is 4.57 Å². The van der Waals surface area contributed by atoms with Gasteiger partial charge >= 0.3 is 5.69 Å². The Kier molecular flexibility index (Phi) is 4.82. The van der Waals surface area contributed by atoms with Crippen molar-refractivity contribution in [2.24, 2.45) is 0 Å². The first kappa shape index (κ1) is 18.0. The molecule has 2 aromatic carbocycles. The molecule has 0 bridgehead atoms. The van der Waals surface area contributed by atoms with Crippen molar-refractivity contribution in [2.75, 3.05) is 19.6 Å². The zero-order valence-corrected chi connectivity index (χ0v) is 16.4. The second-order valence-corrected chi connectivity index (χ2v) is 7.77. The molecular weight excluding hydrogens is 362 g/mol. The minimum atomic E-state index is 0.0551. The van der Waals surface area contributed by atoms with Crippen molar-refractivity contribution in [2.45, 2.75) is 25.3 Å². The normalized spacial score (nSPS) is 15.9. The quantitative estimate of drug-likeness (QED) is 0.514. The van der Waals surface area contributed by atoms with Crippen LogP contribution in [0.4, 0.5) is 0 Å². The molecule has 5 heteroatoms. The topological polar surface area (TPSA) is 43.3 Å². The van der Waals surface area contributed by atoms with E-state index in [1.807, 2.05) is 65.7 Å². The number of hydrogen-bond acceptors (Lipinski definition) is 3. The van der Waals surface area contributed by atoms with E-state index < -0.39 is 0 Å². The number of aromatic nitrogens is 2. The summed E-state index contributed by atoms with van der Waals surface area (Å²) in [5, 5.41) is 1.22. The van der Waals surface area contributed by atoms with E-state index in [0.29, 0.717) is 0 Å². The summed E-state index contributed by atoms with van der Waals surface area (Å²) >= 11 is 0. The minimum absolute atomic E-state index is 0.0551. The predicted molar refractivity (Wildman–Crippen MR) is 115 cm³/mol. The van der Waals surface area contributed by atoms with Crippen molar-refractivity contribution in [3.05, 3.63) is 89.3 Å². The molecule has 5 nitrogen and oxygen atoms in total. The van der Waals surface area contributed by atoms with Gasteiger partial charge in [0.15, 0.2) is 0 Å². The molecule has 1 aliphatic heterocycles. The van der Waals surface area contributed by atoms with Crippen LogP contribution in [0.5, 0.6) is 0 Å². The molecule has 29 heavy (non-hydrogen) atoms. The van der Waals surface area contributed by atoms with Gasteiger partial charge in [-0.3, -0.25) is 9.13 Å². The van der Waals surface area contributed by atoms with E-state index in [4.69, 9.17) is 4.42 Å². The molecule has 0 amide bonds. The van der Waals surface area contributed by atoms with Crippen LogP contribution < -0.4 is 5.69 Å². The van der Waals surface area contributed by atoms with Crippen LogP contribution in [-0.2, 0) is 6.42 Å². The third-order valence-corrected chi connectivity index (χ3v) is 6.05. The highest BCUT2D eigenvalue weighted by atomic mass is 16.3. The molecule has 4 aromatic rings. The van der Waals surface area contributed by atoms with Gasteiger partial charge in [-0.2, -0.15) is 0 Å². The Labute approximate surface area is 169 Å². The van der Waals surface area contributed by atoms with Crippen molar-refractivity contribution in [3.8, 4) is 5.69 Å². The number of rotatable bonds is 5. The van der Waals surface area contributed by atoms with Gasteiger partial charge in [-0.25, -0.2) is 4.79 Å². The monoisotopic (exact) mass is 387 g/mol. The molecule has 0 radical (unpaired) electrons. The lowest BCUT2D eigenvalue weighted by molar-refractivity contribution is 0.186. The summed E-state index contributed by atoms with van der Waals surface area (Å²) in [5.74, 6) is 0. The zero-order chi connectivity index (χ0) is 19.6. The molecule has 2 aromatic heterocycles. The number of hydrogen-bond donors (Lipinski definition) is 0. The summed E-state index contributed by atoms with van der Waals surface area (Å²) in [4.78, 5) is 15.4. The summed E-state index contributed by atoms with van der Waals surface area (Å²) in [6, 6.07) is 18.3. The van der Waals surface area contributed by atoms with Crippen LogP contribution in [0.15, 0.2) is 82.5 Å². The summed E-state index contributed by atoms with van der Waals surface area (Å²) in [7, 11) is 0. The molecule has 5 rings (SSSR count). The van der Waals surface area contributed by atoms with Crippen LogP contribution >= 0.6 is 0 Å². The number of benzene rings is 2. The lowest BCUT2D eigenvalue weighted by atomic mass is 10.0. The maximum Gasteiger partial charge on any atom is 0.332 e. The molecule has 0 aliphatic carbocycles. The number of likely N-dealkylation sites (tertiary alicyclic amines) is 1. The van der Waals surface area contributed by atoms with Gasteiger partial charge < -0.3 is 9.32 Å². The molecule has 0 unspecified atom stereocenters. The minimum Gasteiger partial charge on any atom is -0.464 e. The lowest BCUT2D eigenvalue weighted by Gasteiger charge is -2.32. The predicted octanol–water partition coefficient (Wildman–Crippen LogP) is 4.26. The second-order valence-electron chi connectivity index (χ2n) is 7.77. The summed E-state index contributed by atoms with van der Waals surface area (Å²) < 4.78 is 9.30. The molecule has 0 atom stereocenters. The second kappa shape index (κ2) is 7.76. The Balaban J connectivity index is 1.21. The van der Waals surface area contributed by atoms with Crippen molar-refractivity contribution in [3.63, 3.8) is 0 Å². The Bertz CT molecular complexity index is 1150. The van der Waals surface area contributed by atoms with E-state index in [1.165, 1.54) is 10.9 Å². The number of piperidine rings is 1. The van der Waals surface area contributed by atoms with Gasteiger partial charge in [-0.15, -0.1) is 0 Å². The Morgan fingerprint density at radius 2 is 1.69 bits per heavy atom. The lowest BCUT2D eigenvalue weighted by Crippen LogP contribution is -2.38. The number of furan rings is 1. The van der Waals surface area contributed by atoms with Gasteiger partial charge in [0.1, 0.15) is 5.58 Å². The largest absolute Gasteiger partial charge is 0.464 e. The molecular formula is C24H25N3O2.